The van der Waals surface area contributed by atoms with E-state index in [1.165, 1.54) is 0 Å². The quantitative estimate of drug-likeness (QED) is 0.189. The lowest BCUT2D eigenvalue weighted by Gasteiger charge is -2.20. The Bertz CT molecular complexity index is 2920. The Balaban J connectivity index is 1.57. The van der Waals surface area contributed by atoms with Crippen molar-refractivity contribution in [3.05, 3.63) is 143 Å². The summed E-state index contributed by atoms with van der Waals surface area (Å²) in [6.45, 7) is 0. The van der Waals surface area contributed by atoms with Gasteiger partial charge >= 0.3 is 0 Å². The summed E-state index contributed by atoms with van der Waals surface area (Å²) in [5.41, 5.74) is 8.07. The normalized spacial score (nSPS) is 10.7. The second-order valence-corrected chi connectivity index (χ2v) is 11.7. The van der Waals surface area contributed by atoms with E-state index in [0.717, 1.165) is 49.2 Å². The molecule has 0 aliphatic carbocycles. The van der Waals surface area contributed by atoms with Crippen LogP contribution in [0.3, 0.4) is 0 Å². The number of fused-ring (bicyclic) bond motifs is 6. The first kappa shape index (κ1) is 29.3. The van der Waals surface area contributed by atoms with Gasteiger partial charge in [0.1, 0.15) is 11.6 Å². The van der Waals surface area contributed by atoms with Crippen molar-refractivity contribution in [2.24, 2.45) is 0 Å². The van der Waals surface area contributed by atoms with Gasteiger partial charge in [-0.05, 0) is 96.6 Å². The van der Waals surface area contributed by atoms with Gasteiger partial charge in [-0.1, -0.05) is 18.2 Å². The lowest BCUT2D eigenvalue weighted by Crippen LogP contribution is -2.06. The Kier molecular flexibility index (Phi) is 6.60. The first-order valence-corrected chi connectivity index (χ1v) is 15.4. The Morgan fingerprint density at radius 2 is 0.800 bits per heavy atom. The smallest absolute Gasteiger partial charge is 0.104 e. The van der Waals surface area contributed by atoms with E-state index in [9.17, 15) is 31.6 Å². The van der Waals surface area contributed by atoms with Crippen LogP contribution in [-0.2, 0) is 0 Å². The summed E-state index contributed by atoms with van der Waals surface area (Å²) < 4.78 is 3.96. The van der Waals surface area contributed by atoms with Crippen molar-refractivity contribution < 1.29 is 0 Å². The molecule has 0 radical (unpaired) electrons. The van der Waals surface area contributed by atoms with Gasteiger partial charge in [0.25, 0.3) is 0 Å². The third kappa shape index (κ3) is 4.26. The number of benzene rings is 6. The minimum Gasteiger partial charge on any atom is -0.308 e. The van der Waals surface area contributed by atoms with Gasteiger partial charge < -0.3 is 9.13 Å². The molecule has 226 valence electrons. The summed E-state index contributed by atoms with van der Waals surface area (Å²) in [4.78, 5) is 0. The number of rotatable bonds is 3. The van der Waals surface area contributed by atoms with E-state index in [-0.39, 0.29) is 0 Å². The van der Waals surface area contributed by atoms with E-state index in [2.05, 4.69) is 36.4 Å². The lowest BCUT2D eigenvalue weighted by atomic mass is 9.97. The largest absolute Gasteiger partial charge is 0.308 e. The van der Waals surface area contributed by atoms with Crippen LogP contribution < -0.4 is 0 Å². The molecule has 0 amide bonds. The van der Waals surface area contributed by atoms with Crippen molar-refractivity contribution >= 4 is 43.6 Å². The van der Waals surface area contributed by atoms with Crippen LogP contribution in [0.25, 0.3) is 66.1 Å². The molecular formula is C42H18N8. The molecule has 0 atom stereocenters. The van der Waals surface area contributed by atoms with Crippen LogP contribution in [0.2, 0.25) is 0 Å². The minimum atomic E-state index is 0.324. The molecule has 8 aromatic rings. The van der Waals surface area contributed by atoms with Crippen molar-refractivity contribution in [2.75, 3.05) is 0 Å². The zero-order valence-electron chi connectivity index (χ0n) is 26.0. The molecule has 0 saturated heterocycles. The summed E-state index contributed by atoms with van der Waals surface area (Å²) in [5.74, 6) is 0. The van der Waals surface area contributed by atoms with E-state index in [0.29, 0.717) is 50.3 Å². The highest BCUT2D eigenvalue weighted by atomic mass is 15.0. The Morgan fingerprint density at radius 3 is 1.22 bits per heavy atom. The second-order valence-electron chi connectivity index (χ2n) is 11.7. The van der Waals surface area contributed by atoms with Crippen molar-refractivity contribution in [3.8, 4) is 58.9 Å². The van der Waals surface area contributed by atoms with Gasteiger partial charge in [-0.3, -0.25) is 0 Å². The van der Waals surface area contributed by atoms with Crippen LogP contribution in [0, 0.1) is 68.0 Å². The molecule has 8 rings (SSSR count). The number of hydrogen-bond donors (Lipinski definition) is 0. The maximum Gasteiger partial charge on any atom is 0.104 e. The van der Waals surface area contributed by atoms with Crippen LogP contribution >= 0.6 is 0 Å². The zero-order chi connectivity index (χ0) is 34.5. The van der Waals surface area contributed by atoms with Gasteiger partial charge in [-0.2, -0.15) is 31.6 Å². The molecule has 2 aromatic heterocycles. The molecule has 0 saturated carbocycles. The summed E-state index contributed by atoms with van der Waals surface area (Å²) in [6, 6.07) is 46.0. The number of nitriles is 6. The third-order valence-electron chi connectivity index (χ3n) is 9.08. The topological polar surface area (TPSA) is 153 Å². The molecule has 0 spiro atoms. The van der Waals surface area contributed by atoms with Crippen molar-refractivity contribution in [1.82, 2.24) is 9.13 Å². The first-order valence-electron chi connectivity index (χ1n) is 15.4. The molecule has 0 fully saturated rings. The fourth-order valence-electron chi connectivity index (χ4n) is 6.92. The van der Waals surface area contributed by atoms with Crippen LogP contribution in [0.15, 0.2) is 109 Å². The Morgan fingerprint density at radius 1 is 0.380 bits per heavy atom. The van der Waals surface area contributed by atoms with Gasteiger partial charge in [-0.15, -0.1) is 0 Å². The lowest BCUT2D eigenvalue weighted by molar-refractivity contribution is 1.12. The van der Waals surface area contributed by atoms with Gasteiger partial charge in [0, 0.05) is 27.1 Å². The Labute approximate surface area is 285 Å². The van der Waals surface area contributed by atoms with E-state index >= 15 is 0 Å². The molecule has 2 heterocycles. The molecular weight excluding hydrogens is 617 g/mol. The fraction of sp³-hybridized carbons (Fsp3) is 0. The Hall–Kier alpha value is -8.14. The molecule has 0 N–H and O–H groups in total. The van der Waals surface area contributed by atoms with Crippen molar-refractivity contribution in [1.29, 1.82) is 31.6 Å². The predicted octanol–water partition coefficient (Wildman–Crippen LogP) is 8.78. The number of aromatic nitrogens is 2. The molecule has 50 heavy (non-hydrogen) atoms. The molecule has 8 nitrogen and oxygen atoms in total. The van der Waals surface area contributed by atoms with E-state index in [1.54, 1.807) is 66.7 Å². The molecule has 6 aromatic carbocycles. The number of nitrogens with zero attached hydrogens (tertiary/aromatic N) is 8. The van der Waals surface area contributed by atoms with Crippen LogP contribution in [0.5, 0.6) is 0 Å². The van der Waals surface area contributed by atoms with E-state index < -0.39 is 0 Å². The van der Waals surface area contributed by atoms with Crippen LogP contribution in [-0.4, -0.2) is 9.13 Å². The van der Waals surface area contributed by atoms with Gasteiger partial charge in [0.05, 0.1) is 91.6 Å². The van der Waals surface area contributed by atoms with Crippen LogP contribution in [0.1, 0.15) is 33.4 Å². The first-order chi connectivity index (χ1) is 24.5. The molecule has 0 aliphatic heterocycles. The fourth-order valence-corrected chi connectivity index (χ4v) is 6.92. The maximum absolute atomic E-state index is 11.2. The summed E-state index contributed by atoms with van der Waals surface area (Å²) >= 11 is 0. The predicted molar refractivity (Wildman–Crippen MR) is 189 cm³/mol. The molecule has 0 bridgehead atoms. The summed E-state index contributed by atoms with van der Waals surface area (Å²) in [7, 11) is 0. The van der Waals surface area contributed by atoms with E-state index in [1.807, 2.05) is 51.6 Å². The standard InChI is InChI=1S/C42H18N8/c43-19-25-2-1-3-30(14-25)31-8-13-41(49-37-9-4-26(20-44)15-32(37)33-16-27(21-45)5-10-38(33)49)36(24-48)42(31)50-39-11-6-28(22-46)17-34(39)35-18-29(23-47)7-12-40(35)50/h1-18H. The molecule has 0 unspecified atom stereocenters. The average molecular weight is 635 g/mol. The molecule has 8 heteroatoms. The third-order valence-corrected chi connectivity index (χ3v) is 9.08. The maximum atomic E-state index is 11.2. The summed E-state index contributed by atoms with van der Waals surface area (Å²) in [5, 5.41) is 63.0. The highest BCUT2D eigenvalue weighted by molar-refractivity contribution is 6.12. The average Bonchev–Trinajstić information content (AvgIpc) is 3.67. The highest BCUT2D eigenvalue weighted by Gasteiger charge is 2.25. The van der Waals surface area contributed by atoms with Crippen molar-refractivity contribution in [3.63, 3.8) is 0 Å². The van der Waals surface area contributed by atoms with Gasteiger partial charge in [0.2, 0.25) is 0 Å². The zero-order valence-corrected chi connectivity index (χ0v) is 26.0. The van der Waals surface area contributed by atoms with Gasteiger partial charge in [0.15, 0.2) is 0 Å². The van der Waals surface area contributed by atoms with Gasteiger partial charge in [-0.25, -0.2) is 0 Å². The van der Waals surface area contributed by atoms with E-state index in [4.69, 9.17) is 0 Å². The van der Waals surface area contributed by atoms with Crippen LogP contribution in [0.4, 0.5) is 0 Å². The summed E-state index contributed by atoms with van der Waals surface area (Å²) in [6.07, 6.45) is 0. The molecule has 0 aliphatic rings. The SMILES string of the molecule is N#Cc1cccc(-c2ccc(-n3c4ccc(C#N)cc4c4cc(C#N)ccc43)c(C#N)c2-n2c3ccc(C#N)cc3c3cc(C#N)ccc32)c1. The minimum absolute atomic E-state index is 0.324. The van der Waals surface area contributed by atoms with Crippen molar-refractivity contribution in [2.45, 2.75) is 0 Å². The highest BCUT2D eigenvalue weighted by Crippen LogP contribution is 2.42. The monoisotopic (exact) mass is 634 g/mol. The number of hydrogen-bond acceptors (Lipinski definition) is 6. The second kappa shape index (κ2) is 11.3.